The first-order chi connectivity index (χ1) is 12.5. The van der Waals surface area contributed by atoms with E-state index in [0.717, 1.165) is 5.56 Å². The fourth-order valence-corrected chi connectivity index (χ4v) is 2.68. The SMILES string of the molecule is C=C1C=CC=CN1C(=O)/C(=C(\C)O)c1cccc(-c2ccc(F)nc2)c1. The molecular formula is C21H17FN2O2. The number of amides is 1. The lowest BCUT2D eigenvalue weighted by Gasteiger charge is -2.22. The standard InChI is InChI=1S/C21H17FN2O2/c1-14-6-3-4-11-24(14)21(26)20(15(2)25)17-8-5-7-16(12-17)18-9-10-19(22)23-13-18/h3-13,25H,1H2,2H3/b20-15+. The fourth-order valence-electron chi connectivity index (χ4n) is 2.68. The molecule has 0 spiro atoms. The van der Waals surface area contributed by atoms with Gasteiger partial charge in [-0.2, -0.15) is 4.39 Å². The van der Waals surface area contributed by atoms with Crippen molar-refractivity contribution in [2.24, 2.45) is 0 Å². The average molecular weight is 348 g/mol. The summed E-state index contributed by atoms with van der Waals surface area (Å²) < 4.78 is 13.0. The van der Waals surface area contributed by atoms with Gasteiger partial charge in [0.15, 0.2) is 0 Å². The Hall–Kier alpha value is -3.47. The minimum Gasteiger partial charge on any atom is -0.512 e. The Morgan fingerprint density at radius 2 is 2.00 bits per heavy atom. The van der Waals surface area contributed by atoms with E-state index in [0.29, 0.717) is 16.8 Å². The molecule has 0 unspecified atom stereocenters. The summed E-state index contributed by atoms with van der Waals surface area (Å²) >= 11 is 0. The van der Waals surface area contributed by atoms with Crippen LogP contribution in [0.3, 0.4) is 0 Å². The number of halogens is 1. The Labute approximate surface area is 150 Å². The van der Waals surface area contributed by atoms with Crippen LogP contribution in [0.1, 0.15) is 12.5 Å². The minimum atomic E-state index is -0.560. The molecule has 0 aliphatic carbocycles. The monoisotopic (exact) mass is 348 g/mol. The van der Waals surface area contributed by atoms with Crippen LogP contribution in [0.4, 0.5) is 4.39 Å². The van der Waals surface area contributed by atoms with Gasteiger partial charge >= 0.3 is 0 Å². The number of aromatic nitrogens is 1. The summed E-state index contributed by atoms with van der Waals surface area (Å²) in [4.78, 5) is 18.0. The van der Waals surface area contributed by atoms with Gasteiger partial charge in [-0.05, 0) is 48.4 Å². The predicted molar refractivity (Wildman–Crippen MR) is 99.1 cm³/mol. The van der Waals surface area contributed by atoms with Crippen LogP contribution in [-0.4, -0.2) is 20.9 Å². The number of nitrogens with zero attached hydrogens (tertiary/aromatic N) is 2. The number of carbonyl (C=O) groups is 1. The molecule has 1 N–H and O–H groups in total. The Balaban J connectivity index is 2.01. The Morgan fingerprint density at radius 3 is 2.65 bits per heavy atom. The summed E-state index contributed by atoms with van der Waals surface area (Å²) in [7, 11) is 0. The van der Waals surface area contributed by atoms with Crippen LogP contribution >= 0.6 is 0 Å². The Kier molecular flexibility index (Phi) is 4.80. The van der Waals surface area contributed by atoms with Gasteiger partial charge in [0.1, 0.15) is 5.76 Å². The number of hydrogen-bond acceptors (Lipinski definition) is 3. The van der Waals surface area contributed by atoms with Crippen molar-refractivity contribution in [2.75, 3.05) is 0 Å². The fraction of sp³-hybridized carbons (Fsp3) is 0.0476. The maximum absolute atomic E-state index is 13.0. The van der Waals surface area contributed by atoms with E-state index in [9.17, 15) is 14.3 Å². The molecule has 1 amide bonds. The molecular weight excluding hydrogens is 331 g/mol. The molecule has 0 fully saturated rings. The van der Waals surface area contributed by atoms with Gasteiger partial charge in [-0.3, -0.25) is 9.69 Å². The van der Waals surface area contributed by atoms with Crippen molar-refractivity contribution in [1.82, 2.24) is 9.88 Å². The number of carbonyl (C=O) groups excluding carboxylic acids is 1. The predicted octanol–water partition coefficient (Wildman–Crippen LogP) is 4.60. The van der Waals surface area contributed by atoms with E-state index in [-0.39, 0.29) is 17.2 Å². The average Bonchev–Trinajstić information content (AvgIpc) is 2.63. The van der Waals surface area contributed by atoms with Crippen LogP contribution < -0.4 is 0 Å². The number of benzene rings is 1. The van der Waals surface area contributed by atoms with E-state index in [4.69, 9.17) is 0 Å². The summed E-state index contributed by atoms with van der Waals surface area (Å²) in [6.07, 6.45) is 8.23. The zero-order valence-electron chi connectivity index (χ0n) is 14.2. The number of aliphatic hydroxyl groups excluding tert-OH is 1. The molecule has 0 saturated carbocycles. The molecule has 2 aromatic rings. The van der Waals surface area contributed by atoms with Crippen molar-refractivity contribution < 1.29 is 14.3 Å². The quantitative estimate of drug-likeness (QED) is 0.501. The van der Waals surface area contributed by atoms with Gasteiger partial charge in [-0.15, -0.1) is 0 Å². The number of allylic oxidation sites excluding steroid dienone is 4. The molecule has 26 heavy (non-hydrogen) atoms. The smallest absolute Gasteiger partial charge is 0.266 e. The molecule has 3 rings (SSSR count). The Bertz CT molecular complexity index is 952. The first-order valence-corrected chi connectivity index (χ1v) is 7.97. The van der Waals surface area contributed by atoms with E-state index in [1.807, 2.05) is 6.07 Å². The highest BCUT2D eigenvalue weighted by Crippen LogP contribution is 2.28. The molecule has 1 aliphatic heterocycles. The van der Waals surface area contributed by atoms with Crippen molar-refractivity contribution in [3.8, 4) is 11.1 Å². The van der Waals surface area contributed by atoms with Crippen molar-refractivity contribution in [3.63, 3.8) is 0 Å². The summed E-state index contributed by atoms with van der Waals surface area (Å²) in [6.45, 7) is 5.31. The highest BCUT2D eigenvalue weighted by atomic mass is 19.1. The van der Waals surface area contributed by atoms with Gasteiger partial charge in [-0.1, -0.05) is 30.9 Å². The van der Waals surface area contributed by atoms with E-state index in [2.05, 4.69) is 11.6 Å². The number of hydrogen-bond donors (Lipinski definition) is 1. The largest absolute Gasteiger partial charge is 0.512 e. The normalized spacial score (nSPS) is 14.4. The minimum absolute atomic E-state index is 0.0971. The number of rotatable bonds is 3. The van der Waals surface area contributed by atoms with Crippen LogP contribution in [0.2, 0.25) is 0 Å². The molecule has 4 nitrogen and oxygen atoms in total. The topological polar surface area (TPSA) is 53.4 Å². The molecule has 1 aromatic heterocycles. The lowest BCUT2D eigenvalue weighted by Crippen LogP contribution is -2.26. The van der Waals surface area contributed by atoms with Crippen molar-refractivity contribution in [1.29, 1.82) is 0 Å². The Morgan fingerprint density at radius 1 is 1.19 bits per heavy atom. The molecule has 1 aromatic carbocycles. The maximum atomic E-state index is 13.0. The highest BCUT2D eigenvalue weighted by molar-refractivity contribution is 6.21. The van der Waals surface area contributed by atoms with Crippen molar-refractivity contribution in [2.45, 2.75) is 6.92 Å². The maximum Gasteiger partial charge on any atom is 0.266 e. The summed E-state index contributed by atoms with van der Waals surface area (Å²) in [6, 6.07) is 9.98. The van der Waals surface area contributed by atoms with Crippen LogP contribution in [-0.2, 0) is 4.79 Å². The van der Waals surface area contributed by atoms with E-state index in [1.54, 1.807) is 48.7 Å². The van der Waals surface area contributed by atoms with Crippen LogP contribution in [0.25, 0.3) is 16.7 Å². The zero-order valence-corrected chi connectivity index (χ0v) is 14.2. The molecule has 1 aliphatic rings. The third kappa shape index (κ3) is 3.47. The van der Waals surface area contributed by atoms with E-state index >= 15 is 0 Å². The van der Waals surface area contributed by atoms with Crippen LogP contribution in [0, 0.1) is 5.95 Å². The lowest BCUT2D eigenvalue weighted by atomic mass is 9.98. The van der Waals surface area contributed by atoms with Gasteiger partial charge in [0.05, 0.1) is 5.57 Å². The molecule has 130 valence electrons. The second kappa shape index (κ2) is 7.19. The van der Waals surface area contributed by atoms with Gasteiger partial charge in [0.2, 0.25) is 5.95 Å². The second-order valence-electron chi connectivity index (χ2n) is 5.78. The van der Waals surface area contributed by atoms with Gasteiger partial charge < -0.3 is 5.11 Å². The van der Waals surface area contributed by atoms with E-state index in [1.165, 1.54) is 24.1 Å². The zero-order chi connectivity index (χ0) is 18.7. The first-order valence-electron chi connectivity index (χ1n) is 7.97. The summed E-state index contributed by atoms with van der Waals surface area (Å²) in [5.41, 5.74) is 2.70. The van der Waals surface area contributed by atoms with Crippen molar-refractivity contribution >= 4 is 11.5 Å². The molecule has 2 heterocycles. The van der Waals surface area contributed by atoms with Crippen LogP contribution in [0.15, 0.2) is 85.1 Å². The molecule has 0 radical (unpaired) electrons. The third-order valence-electron chi connectivity index (χ3n) is 3.95. The number of pyridine rings is 1. The van der Waals surface area contributed by atoms with E-state index < -0.39 is 5.95 Å². The molecule has 0 bridgehead atoms. The second-order valence-corrected chi connectivity index (χ2v) is 5.78. The summed E-state index contributed by atoms with van der Waals surface area (Å²) in [5.74, 6) is -1.04. The molecule has 0 atom stereocenters. The number of aliphatic hydroxyl groups is 1. The molecule has 0 saturated heterocycles. The van der Waals surface area contributed by atoms with Gasteiger partial charge in [0, 0.05) is 23.7 Å². The first kappa shape index (κ1) is 17.4. The third-order valence-corrected chi connectivity index (χ3v) is 3.95. The summed E-state index contributed by atoms with van der Waals surface area (Å²) in [5, 5.41) is 10.1. The lowest BCUT2D eigenvalue weighted by molar-refractivity contribution is -0.121. The highest BCUT2D eigenvalue weighted by Gasteiger charge is 2.23. The van der Waals surface area contributed by atoms with Crippen molar-refractivity contribution in [3.05, 3.63) is 96.6 Å². The molecule has 5 heteroatoms. The van der Waals surface area contributed by atoms with Gasteiger partial charge in [0.25, 0.3) is 5.91 Å². The van der Waals surface area contributed by atoms with Crippen LogP contribution in [0.5, 0.6) is 0 Å². The van der Waals surface area contributed by atoms with Gasteiger partial charge in [-0.25, -0.2) is 4.98 Å².